The molecule has 0 saturated carbocycles. The first-order chi connectivity index (χ1) is 24.5. The van der Waals surface area contributed by atoms with Crippen LogP contribution in [0.15, 0.2) is 78.9 Å². The van der Waals surface area contributed by atoms with Gasteiger partial charge in [-0.25, -0.2) is 4.79 Å². The molecule has 0 spiro atoms. The summed E-state index contributed by atoms with van der Waals surface area (Å²) in [4.78, 5) is 48.4. The van der Waals surface area contributed by atoms with Crippen molar-refractivity contribution in [2.24, 2.45) is 0 Å². The highest BCUT2D eigenvalue weighted by Gasteiger charge is 2.44. The van der Waals surface area contributed by atoms with Gasteiger partial charge in [0.25, 0.3) is 0 Å². The molecule has 3 N–H and O–H groups in total. The Balaban J connectivity index is 1.20. The Kier molecular flexibility index (Phi) is 11.3. The average molecular weight is 695 g/mol. The smallest absolute Gasteiger partial charge is 0.408 e. The van der Waals surface area contributed by atoms with Crippen LogP contribution in [0.3, 0.4) is 0 Å². The molecule has 4 aromatic rings. The fourth-order valence-electron chi connectivity index (χ4n) is 7.08. The number of ether oxygens (including phenoxy) is 1. The molecule has 0 bridgehead atoms. The standard InChI is InChI=1S/C39H50N8O4/c1-27(30-16-18-32-34(23-30)43-44-42-32)40-36(48)35-24-31(46-21-19-45(20-22-46)25-29-13-9-6-10-14-29)26-47(35)37(49)33(41-38(50)51-39(2,3)4)17-15-28-11-7-5-8-12-28/h5-14,16,18,23,27,31,33,35H,15,17,19-22,24-26H2,1-4H3,(H,40,48)(H,41,50)(H,42,43,44)/t27?,31-,33?,35-/m0/s1. The maximum Gasteiger partial charge on any atom is 0.408 e. The number of piperazine rings is 1. The highest BCUT2D eigenvalue weighted by molar-refractivity contribution is 5.92. The minimum absolute atomic E-state index is 0.00154. The third-order valence-electron chi connectivity index (χ3n) is 9.80. The molecule has 3 aromatic carbocycles. The van der Waals surface area contributed by atoms with Gasteiger partial charge >= 0.3 is 6.09 Å². The number of carbonyl (C=O) groups excluding carboxylic acids is 3. The van der Waals surface area contributed by atoms with E-state index in [2.05, 4.69) is 60.1 Å². The highest BCUT2D eigenvalue weighted by atomic mass is 16.6. The van der Waals surface area contributed by atoms with Gasteiger partial charge in [-0.15, -0.1) is 5.10 Å². The number of H-pyrrole nitrogens is 1. The summed E-state index contributed by atoms with van der Waals surface area (Å²) < 4.78 is 5.58. The van der Waals surface area contributed by atoms with Gasteiger partial charge < -0.3 is 20.3 Å². The zero-order valence-electron chi connectivity index (χ0n) is 30.0. The summed E-state index contributed by atoms with van der Waals surface area (Å²) in [5.74, 6) is -0.501. The summed E-state index contributed by atoms with van der Waals surface area (Å²) in [5.41, 5.74) is 4.03. The molecule has 270 valence electrons. The van der Waals surface area contributed by atoms with E-state index in [1.807, 2.05) is 61.5 Å². The normalized spacial score (nSPS) is 19.8. The number of nitrogens with one attached hydrogen (secondary N) is 3. The molecule has 6 rings (SSSR count). The lowest BCUT2D eigenvalue weighted by atomic mass is 10.0. The van der Waals surface area contributed by atoms with Gasteiger partial charge in [0.15, 0.2) is 0 Å². The first-order valence-electron chi connectivity index (χ1n) is 18.0. The lowest BCUT2D eigenvalue weighted by molar-refractivity contribution is -0.140. The van der Waals surface area contributed by atoms with Crippen molar-refractivity contribution in [3.63, 3.8) is 0 Å². The first-order valence-corrected chi connectivity index (χ1v) is 18.0. The van der Waals surface area contributed by atoms with E-state index >= 15 is 0 Å². The third-order valence-corrected chi connectivity index (χ3v) is 9.80. The number of benzene rings is 3. The maximum absolute atomic E-state index is 14.6. The molecule has 3 heterocycles. The van der Waals surface area contributed by atoms with Gasteiger partial charge in [-0.05, 0) is 75.8 Å². The Morgan fingerprint density at radius 3 is 2.29 bits per heavy atom. The molecule has 0 aliphatic carbocycles. The SMILES string of the molecule is CC(NC(=O)[C@@H]1C[C@H](N2CCN(Cc3ccccc3)CC2)CN1C(=O)C(CCc1ccccc1)NC(=O)OC(C)(C)C)c1ccc2[nH]nnc2c1. The molecule has 1 aromatic heterocycles. The van der Waals surface area contributed by atoms with Gasteiger partial charge in [0.2, 0.25) is 11.8 Å². The Labute approximate surface area is 299 Å². The Bertz CT molecular complexity index is 1770. The van der Waals surface area contributed by atoms with Crippen molar-refractivity contribution < 1.29 is 19.1 Å². The highest BCUT2D eigenvalue weighted by Crippen LogP contribution is 2.27. The van der Waals surface area contributed by atoms with E-state index < -0.39 is 23.8 Å². The number of fused-ring (bicyclic) bond motifs is 1. The van der Waals surface area contributed by atoms with Crippen molar-refractivity contribution in [2.45, 2.75) is 83.3 Å². The second-order valence-electron chi connectivity index (χ2n) is 14.7. The van der Waals surface area contributed by atoms with E-state index in [1.165, 1.54) is 5.56 Å². The molecule has 12 heteroatoms. The van der Waals surface area contributed by atoms with E-state index in [1.54, 1.807) is 25.7 Å². The molecule has 2 aliphatic heterocycles. The summed E-state index contributed by atoms with van der Waals surface area (Å²) in [6, 6.07) is 24.2. The number of hydrogen-bond acceptors (Lipinski definition) is 8. The number of aryl methyl sites for hydroxylation is 1. The van der Waals surface area contributed by atoms with Crippen LogP contribution in [0.1, 0.15) is 63.3 Å². The van der Waals surface area contributed by atoms with Crippen LogP contribution in [-0.4, -0.2) is 104 Å². The zero-order valence-corrected chi connectivity index (χ0v) is 30.0. The Hall–Kier alpha value is -4.81. The van der Waals surface area contributed by atoms with Crippen LogP contribution in [0.5, 0.6) is 0 Å². The van der Waals surface area contributed by atoms with Gasteiger partial charge in [0.05, 0.1) is 11.6 Å². The van der Waals surface area contributed by atoms with Crippen LogP contribution in [-0.2, 0) is 27.3 Å². The van der Waals surface area contributed by atoms with Gasteiger partial charge in [-0.1, -0.05) is 71.9 Å². The molecule has 2 saturated heterocycles. The zero-order chi connectivity index (χ0) is 36.0. The van der Waals surface area contributed by atoms with Crippen molar-refractivity contribution in [3.05, 3.63) is 95.6 Å². The van der Waals surface area contributed by atoms with Crippen molar-refractivity contribution >= 4 is 28.9 Å². The maximum atomic E-state index is 14.6. The molecule has 2 unspecified atom stereocenters. The summed E-state index contributed by atoms with van der Waals surface area (Å²) >= 11 is 0. The van der Waals surface area contributed by atoms with Crippen molar-refractivity contribution in [1.29, 1.82) is 0 Å². The lowest BCUT2D eigenvalue weighted by Gasteiger charge is -2.38. The van der Waals surface area contributed by atoms with Crippen molar-refractivity contribution in [1.82, 2.24) is 40.7 Å². The average Bonchev–Trinajstić information content (AvgIpc) is 3.78. The van der Waals surface area contributed by atoms with Crippen LogP contribution in [0, 0.1) is 0 Å². The van der Waals surface area contributed by atoms with Crippen LogP contribution >= 0.6 is 0 Å². The van der Waals surface area contributed by atoms with Crippen molar-refractivity contribution in [3.8, 4) is 0 Å². The van der Waals surface area contributed by atoms with E-state index in [0.717, 1.165) is 49.4 Å². The second kappa shape index (κ2) is 16.0. The van der Waals surface area contributed by atoms with Gasteiger partial charge in [-0.3, -0.25) is 24.5 Å². The number of carbonyl (C=O) groups is 3. The number of amides is 3. The van der Waals surface area contributed by atoms with Crippen LogP contribution in [0.25, 0.3) is 11.0 Å². The minimum Gasteiger partial charge on any atom is -0.444 e. The van der Waals surface area contributed by atoms with Gasteiger partial charge in [0.1, 0.15) is 23.2 Å². The Morgan fingerprint density at radius 1 is 0.922 bits per heavy atom. The number of nitrogens with zero attached hydrogens (tertiary/aromatic N) is 5. The predicted octanol–water partition coefficient (Wildman–Crippen LogP) is 4.45. The number of likely N-dealkylation sites (tertiary alicyclic amines) is 1. The molecule has 3 amide bonds. The largest absolute Gasteiger partial charge is 0.444 e. The van der Waals surface area contributed by atoms with E-state index in [9.17, 15) is 14.4 Å². The Morgan fingerprint density at radius 2 is 1.61 bits per heavy atom. The molecular weight excluding hydrogens is 644 g/mol. The monoisotopic (exact) mass is 694 g/mol. The van der Waals surface area contributed by atoms with E-state index in [4.69, 9.17) is 4.74 Å². The van der Waals surface area contributed by atoms with E-state index in [0.29, 0.717) is 31.3 Å². The van der Waals surface area contributed by atoms with Crippen molar-refractivity contribution in [2.75, 3.05) is 32.7 Å². The topological polar surface area (TPSA) is 136 Å². The molecular formula is C39H50N8O4. The molecule has 4 atom stereocenters. The number of aromatic amines is 1. The summed E-state index contributed by atoms with van der Waals surface area (Å²) in [6.45, 7) is 12.1. The fourth-order valence-corrected chi connectivity index (χ4v) is 7.08. The number of alkyl carbamates (subject to hydrolysis) is 1. The molecule has 2 fully saturated rings. The quantitative estimate of drug-likeness (QED) is 0.210. The van der Waals surface area contributed by atoms with Crippen LogP contribution in [0.4, 0.5) is 4.79 Å². The van der Waals surface area contributed by atoms with Crippen LogP contribution in [0.2, 0.25) is 0 Å². The molecule has 0 radical (unpaired) electrons. The number of rotatable bonds is 11. The summed E-state index contributed by atoms with van der Waals surface area (Å²) in [5, 5.41) is 16.9. The summed E-state index contributed by atoms with van der Waals surface area (Å²) in [6.07, 6.45) is 0.788. The third kappa shape index (κ3) is 9.50. The number of aromatic nitrogens is 3. The second-order valence-corrected chi connectivity index (χ2v) is 14.7. The minimum atomic E-state index is -0.871. The first kappa shape index (κ1) is 36.0. The summed E-state index contributed by atoms with van der Waals surface area (Å²) in [7, 11) is 0. The number of hydrogen-bond donors (Lipinski definition) is 3. The molecule has 2 aliphatic rings. The van der Waals surface area contributed by atoms with E-state index in [-0.39, 0.29) is 23.9 Å². The van der Waals surface area contributed by atoms with Gasteiger partial charge in [0, 0.05) is 45.3 Å². The predicted molar refractivity (Wildman–Crippen MR) is 196 cm³/mol. The molecule has 12 nitrogen and oxygen atoms in total. The lowest BCUT2D eigenvalue weighted by Crippen LogP contribution is -2.54. The van der Waals surface area contributed by atoms with Crippen LogP contribution < -0.4 is 10.6 Å². The fraction of sp³-hybridized carbons (Fsp3) is 0.462. The molecule has 51 heavy (non-hydrogen) atoms. The van der Waals surface area contributed by atoms with Gasteiger partial charge in [-0.2, -0.15) is 0 Å².